The lowest BCUT2D eigenvalue weighted by Crippen LogP contribution is -2.53. The van der Waals surface area contributed by atoms with Crippen molar-refractivity contribution in [2.75, 3.05) is 36.0 Å². The molecule has 9 nitrogen and oxygen atoms in total. The second kappa shape index (κ2) is 9.61. The molecule has 2 saturated heterocycles. The number of piperidine rings is 1. The van der Waals surface area contributed by atoms with Crippen LogP contribution in [0.25, 0.3) is 0 Å². The number of amides is 1. The van der Waals surface area contributed by atoms with E-state index >= 15 is 0 Å². The molecule has 1 amide bonds. The van der Waals surface area contributed by atoms with E-state index in [-0.39, 0.29) is 29.9 Å². The molecule has 5 N–H and O–H groups in total. The molecule has 0 aromatic carbocycles. The maximum atomic E-state index is 11.3. The number of halogens is 1. The minimum Gasteiger partial charge on any atom is -0.390 e. The zero-order valence-corrected chi connectivity index (χ0v) is 20.4. The van der Waals surface area contributed by atoms with Crippen LogP contribution in [0, 0.1) is 11.3 Å². The minimum absolute atomic E-state index is 0.114. The van der Waals surface area contributed by atoms with Crippen LogP contribution in [0.5, 0.6) is 0 Å². The van der Waals surface area contributed by atoms with Crippen molar-refractivity contribution in [1.82, 2.24) is 15.0 Å². The van der Waals surface area contributed by atoms with Crippen molar-refractivity contribution in [3.8, 4) is 0 Å². The molecule has 178 valence electrons. The first-order valence-corrected chi connectivity index (χ1v) is 12.2. The van der Waals surface area contributed by atoms with Gasteiger partial charge in [-0.2, -0.15) is 0 Å². The van der Waals surface area contributed by atoms with Gasteiger partial charge >= 0.3 is 0 Å². The number of pyridine rings is 1. The molecule has 0 radical (unpaired) electrons. The van der Waals surface area contributed by atoms with Gasteiger partial charge in [-0.15, -0.1) is 0 Å². The molecule has 2 fully saturated rings. The Morgan fingerprint density at radius 1 is 1.30 bits per heavy atom. The van der Waals surface area contributed by atoms with Crippen LogP contribution in [0.3, 0.4) is 0 Å². The summed E-state index contributed by atoms with van der Waals surface area (Å²) in [6, 6.07) is 1.95. The van der Waals surface area contributed by atoms with E-state index in [2.05, 4.69) is 33.7 Å². The Morgan fingerprint density at radius 2 is 2.00 bits per heavy atom. The Kier molecular flexibility index (Phi) is 6.99. The van der Waals surface area contributed by atoms with Crippen molar-refractivity contribution in [1.29, 1.82) is 0 Å². The lowest BCUT2D eigenvalue weighted by molar-refractivity contribution is -0.122. The second-order valence-corrected chi connectivity index (χ2v) is 10.6. The quantitative estimate of drug-likeness (QED) is 0.531. The summed E-state index contributed by atoms with van der Waals surface area (Å²) in [7, 11) is 0. The highest BCUT2D eigenvalue weighted by Crippen LogP contribution is 2.40. The van der Waals surface area contributed by atoms with Crippen molar-refractivity contribution < 1.29 is 9.90 Å². The Hall–Kier alpha value is -2.14. The summed E-state index contributed by atoms with van der Waals surface area (Å²) >= 11 is 7.98. The fraction of sp³-hybridized carbons (Fsp3) is 0.545. The third-order valence-electron chi connectivity index (χ3n) is 6.89. The van der Waals surface area contributed by atoms with Gasteiger partial charge in [0.2, 0.25) is 5.91 Å². The van der Waals surface area contributed by atoms with Gasteiger partial charge in [-0.1, -0.05) is 30.3 Å². The van der Waals surface area contributed by atoms with Crippen molar-refractivity contribution >= 4 is 40.9 Å². The molecule has 0 spiro atoms. The van der Waals surface area contributed by atoms with E-state index in [1.54, 1.807) is 12.4 Å². The summed E-state index contributed by atoms with van der Waals surface area (Å²) in [5, 5.41) is 11.1. The van der Waals surface area contributed by atoms with E-state index in [0.717, 1.165) is 30.8 Å². The monoisotopic (exact) mass is 491 g/mol. The van der Waals surface area contributed by atoms with Gasteiger partial charge < -0.3 is 26.4 Å². The number of anilines is 2. The third kappa shape index (κ3) is 4.89. The van der Waals surface area contributed by atoms with E-state index in [4.69, 9.17) is 23.1 Å². The van der Waals surface area contributed by atoms with Crippen LogP contribution in [-0.2, 0) is 11.4 Å². The van der Waals surface area contributed by atoms with Gasteiger partial charge in [-0.25, -0.2) is 15.0 Å². The highest BCUT2D eigenvalue weighted by atomic mass is 35.5. The largest absolute Gasteiger partial charge is 0.390 e. The Bertz CT molecular complexity index is 1020. The molecule has 0 saturated carbocycles. The van der Waals surface area contributed by atoms with Crippen LogP contribution >= 0.6 is 23.4 Å². The van der Waals surface area contributed by atoms with Crippen LogP contribution in [0.2, 0.25) is 5.02 Å². The minimum atomic E-state index is -0.310. The van der Waals surface area contributed by atoms with E-state index in [0.29, 0.717) is 40.5 Å². The molecule has 1 atom stereocenters. The fourth-order valence-corrected chi connectivity index (χ4v) is 5.31. The predicted octanol–water partition coefficient (Wildman–Crippen LogP) is 2.04. The van der Waals surface area contributed by atoms with E-state index in [1.807, 2.05) is 11.0 Å². The molecular formula is C22H30ClN7O2S. The first-order chi connectivity index (χ1) is 15.7. The Morgan fingerprint density at radius 3 is 2.61 bits per heavy atom. The first kappa shape index (κ1) is 24.0. The molecular weight excluding hydrogens is 462 g/mol. The highest BCUT2D eigenvalue weighted by Gasteiger charge is 2.35. The lowest BCUT2D eigenvalue weighted by Gasteiger charge is -2.42. The molecule has 11 heteroatoms. The van der Waals surface area contributed by atoms with Crippen LogP contribution in [0.4, 0.5) is 11.6 Å². The number of hydrogen-bond donors (Lipinski definition) is 3. The average molecular weight is 492 g/mol. The van der Waals surface area contributed by atoms with E-state index in [1.165, 1.54) is 11.8 Å². The number of nitrogens with zero attached hydrogens (tertiary/aromatic N) is 5. The molecule has 0 bridgehead atoms. The third-order valence-corrected chi connectivity index (χ3v) is 8.34. The summed E-state index contributed by atoms with van der Waals surface area (Å²) in [5.74, 6) is 0.853. The molecule has 4 rings (SSSR count). The van der Waals surface area contributed by atoms with Gasteiger partial charge in [0, 0.05) is 43.3 Å². The molecule has 2 aromatic rings. The summed E-state index contributed by atoms with van der Waals surface area (Å²) in [6.45, 7) is 6.77. The Labute approximate surface area is 202 Å². The fourth-order valence-electron chi connectivity index (χ4n) is 4.17. The summed E-state index contributed by atoms with van der Waals surface area (Å²) in [4.78, 5) is 29.8. The zero-order chi connectivity index (χ0) is 23.8. The van der Waals surface area contributed by atoms with Crippen molar-refractivity contribution in [3.63, 3.8) is 0 Å². The van der Waals surface area contributed by atoms with Crippen LogP contribution in [0.15, 0.2) is 28.4 Å². The number of rotatable bonds is 7. The molecule has 33 heavy (non-hydrogen) atoms. The number of carbonyl (C=O) groups is 1. The van der Waals surface area contributed by atoms with Crippen molar-refractivity contribution in [2.45, 2.75) is 49.3 Å². The maximum Gasteiger partial charge on any atom is 0.224 e. The summed E-state index contributed by atoms with van der Waals surface area (Å²) in [5.41, 5.74) is 12.2. The van der Waals surface area contributed by atoms with Gasteiger partial charge in [-0.3, -0.25) is 4.79 Å². The van der Waals surface area contributed by atoms with E-state index in [9.17, 15) is 9.90 Å². The number of carbonyl (C=O) groups excluding carboxylic acids is 1. The summed E-state index contributed by atoms with van der Waals surface area (Å²) < 4.78 is 0. The van der Waals surface area contributed by atoms with Crippen molar-refractivity contribution in [3.05, 3.63) is 29.2 Å². The van der Waals surface area contributed by atoms with Gasteiger partial charge in [0.05, 0.1) is 23.7 Å². The number of aromatic nitrogens is 3. The molecule has 4 heterocycles. The highest BCUT2D eigenvalue weighted by molar-refractivity contribution is 7.99. The second-order valence-electron chi connectivity index (χ2n) is 9.12. The maximum absolute atomic E-state index is 11.3. The SMILES string of the molecule is CC(N)C1(C)CCN(c2ncc(Sc3ccnc(N4CC(C(N)=O)C4)c3Cl)nc2CO)CC1. The predicted molar refractivity (Wildman–Crippen MR) is 129 cm³/mol. The standard InChI is InChI=1S/C22H30ClN7O2S/c1-13(24)22(2)4-7-29(8-5-22)20-15(12-31)28-17(9-27-20)33-16-3-6-26-21(18(16)23)30-10-14(11-30)19(25)32/h3,6,9,13-14,31H,4-5,7-8,10-12,24H2,1-2H3,(H2,25,32). The normalized spacial score (nSPS) is 19.3. The van der Waals surface area contributed by atoms with Gasteiger partial charge in [0.15, 0.2) is 5.82 Å². The molecule has 0 aliphatic carbocycles. The van der Waals surface area contributed by atoms with Gasteiger partial charge in [0.1, 0.15) is 16.5 Å². The molecule has 2 aliphatic rings. The Balaban J connectivity index is 1.48. The number of nitrogens with two attached hydrogens (primary N) is 2. The van der Waals surface area contributed by atoms with Crippen LogP contribution < -0.4 is 21.3 Å². The summed E-state index contributed by atoms with van der Waals surface area (Å²) in [6.07, 6.45) is 5.33. The number of aliphatic hydroxyl groups excluding tert-OH is 1. The number of hydrogen-bond acceptors (Lipinski definition) is 9. The average Bonchev–Trinajstić information content (AvgIpc) is 2.75. The smallest absolute Gasteiger partial charge is 0.224 e. The van der Waals surface area contributed by atoms with E-state index < -0.39 is 0 Å². The van der Waals surface area contributed by atoms with Crippen LogP contribution in [-0.4, -0.2) is 58.2 Å². The number of aliphatic hydroxyl groups is 1. The number of primary amides is 1. The van der Waals surface area contributed by atoms with Gasteiger partial charge in [-0.05, 0) is 31.2 Å². The lowest BCUT2D eigenvalue weighted by atomic mass is 9.75. The zero-order valence-electron chi connectivity index (χ0n) is 18.9. The topological polar surface area (TPSA) is 134 Å². The van der Waals surface area contributed by atoms with Gasteiger partial charge in [0.25, 0.3) is 0 Å². The molecule has 2 aromatic heterocycles. The van der Waals surface area contributed by atoms with Crippen LogP contribution in [0.1, 0.15) is 32.4 Å². The van der Waals surface area contributed by atoms with Crippen molar-refractivity contribution in [2.24, 2.45) is 22.8 Å². The first-order valence-electron chi connectivity index (χ1n) is 11.1. The molecule has 2 aliphatic heterocycles. The molecule has 1 unspecified atom stereocenters.